The van der Waals surface area contributed by atoms with Gasteiger partial charge in [-0.15, -0.1) is 6.58 Å². The minimum absolute atomic E-state index is 0.00932. The van der Waals surface area contributed by atoms with Gasteiger partial charge in [-0.1, -0.05) is 55.8 Å². The van der Waals surface area contributed by atoms with Crippen LogP contribution in [0.15, 0.2) is 47.7 Å². The van der Waals surface area contributed by atoms with Gasteiger partial charge in [-0.25, -0.2) is 4.79 Å². The number of fused-ring (bicyclic) bond motifs is 2. The summed E-state index contributed by atoms with van der Waals surface area (Å²) in [5, 5.41) is 37.1. The Morgan fingerprint density at radius 2 is 1.79 bits per heavy atom. The predicted molar refractivity (Wildman–Crippen MR) is 230 cm³/mol. The summed E-state index contributed by atoms with van der Waals surface area (Å²) in [5.41, 5.74) is 2.47. The molecule has 2 heterocycles. The van der Waals surface area contributed by atoms with Gasteiger partial charge in [-0.05, 0) is 93.4 Å². The van der Waals surface area contributed by atoms with Crippen molar-refractivity contribution in [2.45, 2.75) is 134 Å². The average Bonchev–Trinajstić information content (AvgIpc) is 3.80. The smallest absolute Gasteiger partial charge is 0.412 e. The molecule has 2 saturated carbocycles. The maximum Gasteiger partial charge on any atom is 0.412 e. The number of ether oxygens (including phenoxy) is 5. The van der Waals surface area contributed by atoms with E-state index < -0.39 is 30.1 Å². The highest BCUT2D eigenvalue weighted by Gasteiger charge is 2.65. The quantitative estimate of drug-likeness (QED) is 0.0491. The Labute approximate surface area is 362 Å². The fourth-order valence-electron chi connectivity index (χ4n) is 10.5. The molecule has 0 bridgehead atoms. The van der Waals surface area contributed by atoms with Crippen molar-refractivity contribution in [3.63, 3.8) is 0 Å². The van der Waals surface area contributed by atoms with Crippen LogP contribution < -0.4 is 14.8 Å². The molecule has 4 N–H and O–H groups in total. The first-order chi connectivity index (χ1) is 29.9. The zero-order valence-corrected chi connectivity index (χ0v) is 36.3. The molecule has 14 heteroatoms. The number of carbonyl (C=O) groups is 2. The largest absolute Gasteiger partial charge is 0.459 e. The van der Waals surface area contributed by atoms with Gasteiger partial charge in [0.1, 0.15) is 17.5 Å². The number of oxime groups is 1. The fraction of sp³-hybridized carbons (Fsp3) is 0.723. The molecule has 61 heavy (non-hydrogen) atoms. The van der Waals surface area contributed by atoms with Gasteiger partial charge in [0.15, 0.2) is 0 Å². The number of aliphatic hydroxyl groups is 3. The molecule has 1 aromatic rings. The molecule has 3 aliphatic carbocycles. The second kappa shape index (κ2) is 23.8. The van der Waals surface area contributed by atoms with Crippen LogP contribution in [-0.4, -0.2) is 115 Å². The average molecular weight is 854 g/mol. The van der Waals surface area contributed by atoms with Gasteiger partial charge in [0.05, 0.1) is 44.7 Å². The van der Waals surface area contributed by atoms with Gasteiger partial charge in [0.25, 0.3) is 0 Å². The molecule has 2 amide bonds. The van der Waals surface area contributed by atoms with Crippen LogP contribution in [0, 0.1) is 23.7 Å². The molecule has 2 aliphatic heterocycles. The Kier molecular flexibility index (Phi) is 18.3. The van der Waals surface area contributed by atoms with Crippen LogP contribution in [0.5, 0.6) is 11.5 Å². The number of carbonyl (C=O) groups excluding carboxylic acids is 2. The Balaban J connectivity index is 1.55. The van der Waals surface area contributed by atoms with Crippen LogP contribution in [0.2, 0.25) is 0 Å². The van der Waals surface area contributed by atoms with Crippen LogP contribution >= 0.6 is 0 Å². The van der Waals surface area contributed by atoms with E-state index in [2.05, 4.69) is 18.0 Å². The van der Waals surface area contributed by atoms with Gasteiger partial charge >= 0.3 is 6.09 Å². The van der Waals surface area contributed by atoms with E-state index in [1.165, 1.54) is 12.8 Å². The number of hydrogen-bond donors (Lipinski definition) is 4. The van der Waals surface area contributed by atoms with E-state index in [0.29, 0.717) is 62.0 Å². The first-order valence-electron chi connectivity index (χ1n) is 23.2. The Hall–Kier alpha value is -3.53. The summed E-state index contributed by atoms with van der Waals surface area (Å²) in [6.45, 7) is 7.63. The number of nitrogens with one attached hydrogen (secondary N) is 1. The summed E-state index contributed by atoms with van der Waals surface area (Å²) in [6, 6.07) is 4.78. The number of hydrogen-bond acceptors (Lipinski definition) is 12. The molecule has 0 aromatic heterocycles. The first-order valence-corrected chi connectivity index (χ1v) is 23.2. The van der Waals surface area contributed by atoms with E-state index in [1.54, 1.807) is 12.1 Å². The number of allylic oxidation sites excluding steroid dienone is 1. The summed E-state index contributed by atoms with van der Waals surface area (Å²) in [7, 11) is 0. The normalized spacial score (nSPS) is 27.7. The third-order valence-electron chi connectivity index (χ3n) is 13.2. The highest BCUT2D eigenvalue weighted by molar-refractivity contribution is 6.03. The molecule has 1 aromatic carbocycles. The van der Waals surface area contributed by atoms with Crippen molar-refractivity contribution < 1.29 is 53.4 Å². The van der Waals surface area contributed by atoms with Crippen molar-refractivity contribution in [1.82, 2.24) is 10.2 Å². The van der Waals surface area contributed by atoms with Crippen LogP contribution in [-0.2, 0) is 23.8 Å². The Bertz CT molecular complexity index is 1630. The highest BCUT2D eigenvalue weighted by Crippen LogP contribution is 2.62. The van der Waals surface area contributed by atoms with Gasteiger partial charge in [-0.3, -0.25) is 4.79 Å². The predicted octanol–water partition coefficient (Wildman–Crippen LogP) is 6.76. The second-order valence-corrected chi connectivity index (χ2v) is 17.2. The van der Waals surface area contributed by atoms with E-state index in [1.807, 2.05) is 24.0 Å². The van der Waals surface area contributed by atoms with Gasteiger partial charge in [-0.2, -0.15) is 0 Å². The lowest BCUT2D eigenvalue weighted by Gasteiger charge is -2.60. The summed E-state index contributed by atoms with van der Waals surface area (Å²) < 4.78 is 32.1. The van der Waals surface area contributed by atoms with Gasteiger partial charge in [0, 0.05) is 57.0 Å². The molecule has 3 fully saturated rings. The fourth-order valence-corrected chi connectivity index (χ4v) is 10.5. The monoisotopic (exact) mass is 854 g/mol. The SMILES string of the molecule is C=CCO[C@@]12Oc3ccc(OC(=O)NCC)cc3[C@H]3[C@H](CCCCO)[C@@H](CCCCO)C=C(C(=NOC4CCCCO4)C[C@@H]1N(CCOCCO)C(=O)CCC1CCCC1)[C@H]32. The van der Waals surface area contributed by atoms with Crippen LogP contribution in [0.4, 0.5) is 4.79 Å². The van der Waals surface area contributed by atoms with Crippen LogP contribution in [0.1, 0.15) is 121 Å². The lowest BCUT2D eigenvalue weighted by molar-refractivity contribution is -0.258. The van der Waals surface area contributed by atoms with E-state index in [9.17, 15) is 24.9 Å². The molecule has 1 unspecified atom stereocenters. The third-order valence-corrected chi connectivity index (χ3v) is 13.2. The molecule has 1 saturated heterocycles. The van der Waals surface area contributed by atoms with Crippen molar-refractivity contribution in [2.75, 3.05) is 59.3 Å². The number of amides is 2. The number of benzene rings is 1. The van der Waals surface area contributed by atoms with Crippen LogP contribution in [0.25, 0.3) is 0 Å². The Morgan fingerprint density at radius 1 is 1.00 bits per heavy atom. The van der Waals surface area contributed by atoms with Crippen molar-refractivity contribution >= 4 is 17.7 Å². The zero-order valence-electron chi connectivity index (χ0n) is 36.3. The first kappa shape index (κ1) is 47.0. The van der Waals surface area contributed by atoms with Gasteiger partial charge < -0.3 is 54.1 Å². The molecule has 5 aliphatic rings. The minimum Gasteiger partial charge on any atom is -0.459 e. The van der Waals surface area contributed by atoms with Gasteiger partial charge in [0.2, 0.25) is 18.0 Å². The molecule has 0 radical (unpaired) electrons. The molecule has 14 nitrogen and oxygen atoms in total. The molecule has 7 atom stereocenters. The standard InChI is InChI=1S/C47H71N3O11/c1-3-26-58-47-41(50(22-28-56-29-25-53)42(54)21-18-33-13-5-6-14-33)32-39(49-61-43-17-9-12-27-57-43)37-30-34(15-7-10-23-51)36(16-8-11-24-52)44(45(37)47)38-31-35(19-20-40(38)60-47)59-46(55)48-4-2/h3,19-20,30-31,33-34,36,41,43-45,51-53H,1,4-18,21-29,32H2,2H3,(H,48,55)/t34-,36+,41-,43?,44+,45+,47+/m0/s1. The summed E-state index contributed by atoms with van der Waals surface area (Å²) in [4.78, 5) is 35.8. The number of unbranched alkanes of at least 4 members (excludes halogenated alkanes) is 2. The zero-order chi connectivity index (χ0) is 43.0. The summed E-state index contributed by atoms with van der Waals surface area (Å²) in [6.07, 6.45) is 16.1. The third kappa shape index (κ3) is 11.7. The number of nitrogens with zero attached hydrogens (tertiary/aromatic N) is 2. The molecule has 0 spiro atoms. The molecule has 340 valence electrons. The maximum absolute atomic E-state index is 14.9. The lowest BCUT2D eigenvalue weighted by atomic mass is 9.55. The Morgan fingerprint density at radius 3 is 2.51 bits per heavy atom. The van der Waals surface area contributed by atoms with Crippen molar-refractivity contribution in [1.29, 1.82) is 0 Å². The topological polar surface area (TPSA) is 178 Å². The second-order valence-electron chi connectivity index (χ2n) is 17.2. The summed E-state index contributed by atoms with van der Waals surface area (Å²) in [5.74, 6) is -0.732. The molecule has 6 rings (SSSR count). The van der Waals surface area contributed by atoms with Crippen LogP contribution in [0.3, 0.4) is 0 Å². The number of rotatable bonds is 24. The van der Waals surface area contributed by atoms with Crippen molar-refractivity contribution in [2.24, 2.45) is 28.8 Å². The minimum atomic E-state index is -1.43. The highest BCUT2D eigenvalue weighted by atomic mass is 16.8. The van der Waals surface area contributed by atoms with E-state index in [4.69, 9.17) is 33.7 Å². The summed E-state index contributed by atoms with van der Waals surface area (Å²) >= 11 is 0. The van der Waals surface area contributed by atoms with E-state index >= 15 is 0 Å². The molecular weight excluding hydrogens is 783 g/mol. The van der Waals surface area contributed by atoms with Crippen molar-refractivity contribution in [3.8, 4) is 11.5 Å². The van der Waals surface area contributed by atoms with E-state index in [0.717, 1.165) is 68.9 Å². The lowest BCUT2D eigenvalue weighted by Crippen LogP contribution is -2.70. The van der Waals surface area contributed by atoms with E-state index in [-0.39, 0.29) is 76.3 Å². The van der Waals surface area contributed by atoms with Crippen molar-refractivity contribution in [3.05, 3.63) is 48.1 Å². The molecular formula is C47H71N3O11. The number of aliphatic hydroxyl groups excluding tert-OH is 3. The maximum atomic E-state index is 14.9.